The molecule has 0 N–H and O–H groups in total. The number of nitrogens with zero attached hydrogens (tertiary/aromatic N) is 3. The van der Waals surface area contributed by atoms with Gasteiger partial charge in [0.1, 0.15) is 5.84 Å². The maximum Gasteiger partial charge on any atom is 0.157 e. The van der Waals surface area contributed by atoms with Crippen LogP contribution in [-0.4, -0.2) is 16.2 Å². The standard InChI is InChI=1S/C52H39N3/c1-2-45-50(44-33-42(35-15-5-3-6-16-35)32-43(34-44)36-17-7-4-8-18-36)53-51(39-28-25-38(26-29-39)41-30-27-37-19-9-10-20-40(37)31-41)54-52(45)55-48-23-13-11-21-46(48)47-22-12-14-24-49(47)55/h3-34,45,50H,2H2,1H3. The zero-order valence-corrected chi connectivity index (χ0v) is 30.7. The average Bonchev–Trinajstić information content (AvgIpc) is 3.60. The zero-order valence-electron chi connectivity index (χ0n) is 30.7. The van der Waals surface area contributed by atoms with E-state index < -0.39 is 0 Å². The quantitative estimate of drug-likeness (QED) is 0.165. The Balaban J connectivity index is 1.17. The van der Waals surface area contributed by atoms with Crippen LogP contribution in [0.5, 0.6) is 0 Å². The molecule has 55 heavy (non-hydrogen) atoms. The lowest BCUT2D eigenvalue weighted by Crippen LogP contribution is -2.32. The Kier molecular flexibility index (Phi) is 8.26. The molecule has 0 amide bonds. The van der Waals surface area contributed by atoms with Crippen molar-refractivity contribution < 1.29 is 0 Å². The number of hydrogen-bond acceptors (Lipinski definition) is 2. The van der Waals surface area contributed by atoms with Crippen LogP contribution in [0.3, 0.4) is 0 Å². The summed E-state index contributed by atoms with van der Waals surface area (Å²) >= 11 is 0. The number of fused-ring (bicyclic) bond motifs is 4. The highest BCUT2D eigenvalue weighted by molar-refractivity contribution is 6.18. The van der Waals surface area contributed by atoms with Gasteiger partial charge in [-0.3, -0.25) is 9.56 Å². The number of benzene rings is 8. The third-order valence-corrected chi connectivity index (χ3v) is 11.2. The minimum Gasteiger partial charge on any atom is -0.297 e. The Morgan fingerprint density at radius 1 is 0.436 bits per heavy atom. The second-order valence-corrected chi connectivity index (χ2v) is 14.5. The van der Waals surface area contributed by atoms with E-state index in [4.69, 9.17) is 9.98 Å². The van der Waals surface area contributed by atoms with Gasteiger partial charge in [-0.25, -0.2) is 4.99 Å². The number of rotatable bonds is 6. The predicted molar refractivity (Wildman–Crippen MR) is 232 cm³/mol. The van der Waals surface area contributed by atoms with Gasteiger partial charge in [-0.2, -0.15) is 0 Å². The Labute approximate surface area is 321 Å². The molecule has 1 aromatic heterocycles. The minimum absolute atomic E-state index is 0.0227. The second kappa shape index (κ2) is 13.9. The van der Waals surface area contributed by atoms with Gasteiger partial charge in [0, 0.05) is 22.3 Å². The fraction of sp³-hybridized carbons (Fsp3) is 0.0769. The molecule has 9 aromatic rings. The number of aromatic nitrogens is 1. The third kappa shape index (κ3) is 5.95. The van der Waals surface area contributed by atoms with E-state index in [0.29, 0.717) is 0 Å². The molecule has 10 rings (SSSR count). The van der Waals surface area contributed by atoms with E-state index in [-0.39, 0.29) is 12.0 Å². The maximum absolute atomic E-state index is 5.62. The molecule has 262 valence electrons. The highest BCUT2D eigenvalue weighted by Gasteiger charge is 2.34. The normalized spacial score (nSPS) is 15.7. The first-order valence-electron chi connectivity index (χ1n) is 19.2. The fourth-order valence-corrected chi connectivity index (χ4v) is 8.42. The van der Waals surface area contributed by atoms with Crippen LogP contribution in [0.15, 0.2) is 204 Å². The summed E-state index contributed by atoms with van der Waals surface area (Å²) in [5, 5.41) is 4.94. The smallest absolute Gasteiger partial charge is 0.157 e. The molecule has 0 radical (unpaired) electrons. The summed E-state index contributed by atoms with van der Waals surface area (Å²) in [5.74, 6) is 1.80. The molecule has 3 heteroatoms. The van der Waals surface area contributed by atoms with Crippen LogP contribution < -0.4 is 0 Å². The van der Waals surface area contributed by atoms with Crippen LogP contribution in [0, 0.1) is 5.92 Å². The van der Waals surface area contributed by atoms with Crippen LogP contribution in [-0.2, 0) is 0 Å². The van der Waals surface area contributed by atoms with Crippen molar-refractivity contribution in [1.82, 2.24) is 4.57 Å². The number of amidine groups is 1. The molecule has 2 heterocycles. The van der Waals surface area contributed by atoms with E-state index in [1.807, 2.05) is 0 Å². The summed E-state index contributed by atoms with van der Waals surface area (Å²) in [6.07, 6.45) is 0.873. The van der Waals surface area contributed by atoms with E-state index in [9.17, 15) is 0 Å². The third-order valence-electron chi connectivity index (χ3n) is 11.2. The van der Waals surface area contributed by atoms with Crippen LogP contribution in [0.4, 0.5) is 0 Å². The van der Waals surface area contributed by atoms with Gasteiger partial charge in [0.05, 0.1) is 17.1 Å². The summed E-state index contributed by atoms with van der Waals surface area (Å²) in [4.78, 5) is 11.2. The van der Waals surface area contributed by atoms with E-state index in [1.165, 1.54) is 60.5 Å². The van der Waals surface area contributed by atoms with Gasteiger partial charge in [-0.15, -0.1) is 0 Å². The highest BCUT2D eigenvalue weighted by atomic mass is 15.1. The lowest BCUT2D eigenvalue weighted by molar-refractivity contribution is 0.523. The summed E-state index contributed by atoms with van der Waals surface area (Å²) in [6.45, 7) is 2.28. The lowest BCUT2D eigenvalue weighted by atomic mass is 9.85. The van der Waals surface area contributed by atoms with Crippen molar-refractivity contribution >= 4 is 44.2 Å². The van der Waals surface area contributed by atoms with Gasteiger partial charge in [0.25, 0.3) is 0 Å². The Morgan fingerprint density at radius 2 is 0.945 bits per heavy atom. The van der Waals surface area contributed by atoms with Crippen LogP contribution in [0.2, 0.25) is 0 Å². The van der Waals surface area contributed by atoms with Gasteiger partial charge < -0.3 is 0 Å². The van der Waals surface area contributed by atoms with Crippen molar-refractivity contribution in [2.75, 3.05) is 0 Å². The number of aliphatic imine (C=N–C) groups is 2. The van der Waals surface area contributed by atoms with Crippen molar-refractivity contribution in [3.8, 4) is 33.4 Å². The second-order valence-electron chi connectivity index (χ2n) is 14.5. The monoisotopic (exact) mass is 705 g/mol. The fourth-order valence-electron chi connectivity index (χ4n) is 8.42. The summed E-state index contributed by atoms with van der Waals surface area (Å²) in [7, 11) is 0. The number of hydrogen-bond donors (Lipinski definition) is 0. The van der Waals surface area contributed by atoms with E-state index in [1.54, 1.807) is 0 Å². The van der Waals surface area contributed by atoms with Crippen molar-refractivity contribution in [3.63, 3.8) is 0 Å². The Morgan fingerprint density at radius 3 is 1.56 bits per heavy atom. The zero-order chi connectivity index (χ0) is 36.7. The summed E-state index contributed by atoms with van der Waals surface area (Å²) in [6, 6.07) is 69.7. The highest BCUT2D eigenvalue weighted by Crippen LogP contribution is 2.41. The molecule has 0 spiro atoms. The van der Waals surface area contributed by atoms with Crippen LogP contribution >= 0.6 is 0 Å². The minimum atomic E-state index is -0.168. The summed E-state index contributed by atoms with van der Waals surface area (Å²) in [5.41, 5.74) is 11.6. The first kappa shape index (κ1) is 32.8. The van der Waals surface area contributed by atoms with Gasteiger partial charge >= 0.3 is 0 Å². The topological polar surface area (TPSA) is 29.6 Å². The van der Waals surface area contributed by atoms with Gasteiger partial charge in [-0.05, 0) is 92.5 Å². The molecule has 3 nitrogen and oxygen atoms in total. The molecule has 1 aliphatic rings. The Hall–Kier alpha value is -6.84. The van der Waals surface area contributed by atoms with Crippen LogP contribution in [0.1, 0.15) is 30.5 Å². The first-order chi connectivity index (χ1) is 27.2. The predicted octanol–water partition coefficient (Wildman–Crippen LogP) is 13.4. The molecule has 1 aliphatic heterocycles. The Bertz CT molecular complexity index is 2790. The SMILES string of the molecule is CCC1C(n2c3ccccc3c3ccccc32)=NC(c2ccc(-c3ccc4ccccc4c3)cc2)=NC1c1cc(-c2ccccc2)cc(-c2ccccc2)c1. The van der Waals surface area contributed by atoms with Crippen molar-refractivity contribution in [2.45, 2.75) is 19.4 Å². The first-order valence-corrected chi connectivity index (χ1v) is 19.2. The molecular formula is C52H39N3. The molecule has 8 aromatic carbocycles. The van der Waals surface area contributed by atoms with Crippen molar-refractivity contribution in [1.29, 1.82) is 0 Å². The molecule has 2 unspecified atom stereocenters. The van der Waals surface area contributed by atoms with Gasteiger partial charge in [-0.1, -0.05) is 165 Å². The van der Waals surface area contributed by atoms with Gasteiger partial charge in [0.2, 0.25) is 0 Å². The van der Waals surface area contributed by atoms with Gasteiger partial charge in [0.15, 0.2) is 5.84 Å². The van der Waals surface area contributed by atoms with Crippen molar-refractivity contribution in [2.24, 2.45) is 15.9 Å². The molecule has 2 atom stereocenters. The molecule has 0 saturated carbocycles. The molecule has 0 fully saturated rings. The number of para-hydroxylation sites is 2. The molecular weight excluding hydrogens is 667 g/mol. The molecule has 0 saturated heterocycles. The van der Waals surface area contributed by atoms with E-state index in [2.05, 4.69) is 206 Å². The van der Waals surface area contributed by atoms with Crippen LogP contribution in [0.25, 0.3) is 66.0 Å². The van der Waals surface area contributed by atoms with E-state index in [0.717, 1.165) is 34.7 Å². The lowest BCUT2D eigenvalue weighted by Gasteiger charge is -2.31. The largest absolute Gasteiger partial charge is 0.297 e. The average molecular weight is 706 g/mol. The molecule has 0 bridgehead atoms. The maximum atomic E-state index is 5.62. The summed E-state index contributed by atoms with van der Waals surface area (Å²) < 4.78 is 2.41. The molecule has 0 aliphatic carbocycles. The van der Waals surface area contributed by atoms with E-state index >= 15 is 0 Å². The van der Waals surface area contributed by atoms with Crippen molar-refractivity contribution in [3.05, 3.63) is 205 Å².